The maximum Gasteiger partial charge on any atom is 0.291 e. The minimum absolute atomic E-state index is 0.0638. The molecule has 9 nitrogen and oxygen atoms in total. The minimum Gasteiger partial charge on any atom is -0.393 e. The molecule has 2 saturated heterocycles. The first-order chi connectivity index (χ1) is 20.8. The smallest absolute Gasteiger partial charge is 0.291 e. The van der Waals surface area contributed by atoms with E-state index in [0.29, 0.717) is 25.1 Å². The van der Waals surface area contributed by atoms with Gasteiger partial charge in [-0.05, 0) is 85.6 Å². The van der Waals surface area contributed by atoms with Crippen LogP contribution in [0.2, 0.25) is 25.7 Å². The number of aliphatic hydroxyl groups excluding tert-OH is 2. The maximum atomic E-state index is 13.7. The van der Waals surface area contributed by atoms with Crippen LogP contribution in [0.5, 0.6) is 0 Å². The summed E-state index contributed by atoms with van der Waals surface area (Å²) < 4.78 is 13.8. The van der Waals surface area contributed by atoms with Crippen molar-refractivity contribution >= 4 is 25.2 Å². The van der Waals surface area contributed by atoms with E-state index in [1.165, 1.54) is 5.57 Å². The largest absolute Gasteiger partial charge is 0.393 e. The summed E-state index contributed by atoms with van der Waals surface area (Å²) in [7, 11) is -1.27. The number of anilines is 1. The Morgan fingerprint density at radius 2 is 1.89 bits per heavy atom. The summed E-state index contributed by atoms with van der Waals surface area (Å²) in [6.45, 7) is 12.0. The lowest BCUT2D eigenvalue weighted by Gasteiger charge is -2.43. The zero-order valence-corrected chi connectivity index (χ0v) is 27.9. The van der Waals surface area contributed by atoms with E-state index in [2.05, 4.69) is 55.9 Å². The number of nitrogens with zero attached hydrogens (tertiary/aromatic N) is 3. The second-order valence-electron chi connectivity index (χ2n) is 15.1. The molecule has 1 amide bonds. The van der Waals surface area contributed by atoms with E-state index < -0.39 is 25.2 Å². The lowest BCUT2D eigenvalue weighted by atomic mass is 9.75. The third kappa shape index (κ3) is 7.18. The fraction of sp³-hybridized carbons (Fsp3) is 0.618. The molecule has 2 bridgehead atoms. The van der Waals surface area contributed by atoms with E-state index in [-0.39, 0.29) is 42.8 Å². The molecule has 1 unspecified atom stereocenters. The first-order valence-corrected chi connectivity index (χ1v) is 19.6. The third-order valence-corrected chi connectivity index (χ3v) is 11.4. The van der Waals surface area contributed by atoms with Crippen LogP contribution in [0.25, 0.3) is 5.57 Å². The predicted octanol–water partition coefficient (Wildman–Crippen LogP) is 6.06. The average Bonchev–Trinajstić information content (AvgIpc) is 3.53. The van der Waals surface area contributed by atoms with Crippen LogP contribution in [0.4, 0.5) is 5.69 Å². The SMILES string of the molecule is CC1(C)CC=C(c2cc(C3C[C@]4(CO)CC[C@](CO)(C3)O4)ccc2NC(=O)c2nc(C#N)cn2COCC[Si](C)(C)C)CC1. The van der Waals surface area contributed by atoms with E-state index in [1.54, 1.807) is 10.8 Å². The van der Waals surface area contributed by atoms with Gasteiger partial charge in [-0.3, -0.25) is 4.79 Å². The van der Waals surface area contributed by atoms with Crippen molar-refractivity contribution in [3.05, 3.63) is 53.1 Å². The van der Waals surface area contributed by atoms with Gasteiger partial charge in [-0.2, -0.15) is 5.26 Å². The molecule has 0 saturated carbocycles. The number of aromatic nitrogens is 2. The van der Waals surface area contributed by atoms with E-state index >= 15 is 0 Å². The average molecular weight is 621 g/mol. The molecule has 3 atom stereocenters. The van der Waals surface area contributed by atoms with Crippen molar-refractivity contribution in [2.45, 2.75) is 108 Å². The number of carbonyl (C=O) groups excluding carboxylic acids is 1. The highest BCUT2D eigenvalue weighted by Crippen LogP contribution is 2.53. The number of carbonyl (C=O) groups is 1. The lowest BCUT2D eigenvalue weighted by Crippen LogP contribution is -2.47. The standard InChI is InChI=1S/C34H48N4O5Si/c1-32(2)10-8-24(9-11-32)28-16-25(26-17-33(21-39)12-13-34(18-26,22-40)43-33)6-7-29(28)37-31(41)30-36-27(19-35)20-38(30)23-42-14-15-44(3,4)5/h6-8,16,20,26,39-40H,9-15,17-18,21-23H2,1-5H3,(H,37,41)/t26?,33-,34+. The van der Waals surface area contributed by atoms with Gasteiger partial charge < -0.3 is 29.6 Å². The van der Waals surface area contributed by atoms with E-state index in [0.717, 1.165) is 49.3 Å². The number of amides is 1. The molecular weight excluding hydrogens is 572 g/mol. The first-order valence-electron chi connectivity index (χ1n) is 15.9. The van der Waals surface area contributed by atoms with Crippen molar-refractivity contribution in [3.8, 4) is 6.07 Å². The Morgan fingerprint density at radius 1 is 1.18 bits per heavy atom. The van der Waals surface area contributed by atoms with Gasteiger partial charge in [-0.15, -0.1) is 0 Å². The molecule has 3 aliphatic rings. The molecule has 238 valence electrons. The van der Waals surface area contributed by atoms with Gasteiger partial charge in [0.25, 0.3) is 5.91 Å². The lowest BCUT2D eigenvalue weighted by molar-refractivity contribution is -0.177. The van der Waals surface area contributed by atoms with Crippen LogP contribution in [0.3, 0.4) is 0 Å². The summed E-state index contributed by atoms with van der Waals surface area (Å²) in [5.41, 5.74) is 3.13. The Kier molecular flexibility index (Phi) is 9.27. The minimum atomic E-state index is -1.27. The summed E-state index contributed by atoms with van der Waals surface area (Å²) >= 11 is 0. The molecule has 0 radical (unpaired) electrons. The van der Waals surface area contributed by atoms with Crippen molar-refractivity contribution in [3.63, 3.8) is 0 Å². The van der Waals surface area contributed by atoms with Crippen LogP contribution >= 0.6 is 0 Å². The Labute approximate surface area is 262 Å². The third-order valence-electron chi connectivity index (χ3n) is 9.68. The number of aliphatic hydroxyl groups is 2. The molecule has 1 aromatic heterocycles. The zero-order valence-electron chi connectivity index (χ0n) is 26.9. The number of imidazole rings is 1. The molecule has 2 aromatic rings. The number of allylic oxidation sites excluding steroid dienone is 2. The molecule has 2 aliphatic heterocycles. The van der Waals surface area contributed by atoms with Gasteiger partial charge in [0.15, 0.2) is 5.69 Å². The monoisotopic (exact) mass is 620 g/mol. The Hall–Kier alpha value is -2.81. The number of hydrogen-bond donors (Lipinski definition) is 3. The highest BCUT2D eigenvalue weighted by molar-refractivity contribution is 6.76. The summed E-state index contributed by atoms with van der Waals surface area (Å²) in [6.07, 6.45) is 9.59. The number of hydrogen-bond acceptors (Lipinski definition) is 7. The highest BCUT2D eigenvalue weighted by Gasteiger charge is 2.55. The second-order valence-corrected chi connectivity index (χ2v) is 20.7. The van der Waals surface area contributed by atoms with Crippen molar-refractivity contribution in [2.24, 2.45) is 5.41 Å². The molecule has 5 rings (SSSR count). The van der Waals surface area contributed by atoms with Crippen LogP contribution in [-0.4, -0.2) is 64.8 Å². The van der Waals surface area contributed by atoms with E-state index in [4.69, 9.17) is 9.47 Å². The van der Waals surface area contributed by atoms with Gasteiger partial charge >= 0.3 is 0 Å². The molecule has 10 heteroatoms. The molecule has 2 fully saturated rings. The number of benzene rings is 1. The summed E-state index contributed by atoms with van der Waals surface area (Å²) in [6, 6.07) is 9.23. The van der Waals surface area contributed by atoms with Gasteiger partial charge in [0, 0.05) is 32.1 Å². The van der Waals surface area contributed by atoms with Gasteiger partial charge in [0.2, 0.25) is 5.82 Å². The Bertz CT molecular complexity index is 1430. The molecule has 1 aliphatic carbocycles. The Balaban J connectivity index is 1.43. The second kappa shape index (κ2) is 12.5. The topological polar surface area (TPSA) is 130 Å². The molecule has 44 heavy (non-hydrogen) atoms. The highest BCUT2D eigenvalue weighted by atomic mass is 28.3. The molecule has 3 N–H and O–H groups in total. The van der Waals surface area contributed by atoms with Gasteiger partial charge in [0.1, 0.15) is 12.8 Å². The number of nitriles is 1. The molecule has 0 spiro atoms. The fourth-order valence-corrected chi connectivity index (χ4v) is 7.60. The van der Waals surface area contributed by atoms with E-state index in [1.807, 2.05) is 18.2 Å². The van der Waals surface area contributed by atoms with Crippen molar-refractivity contribution in [1.29, 1.82) is 5.26 Å². The summed E-state index contributed by atoms with van der Waals surface area (Å²) in [5.74, 6) is -0.146. The van der Waals surface area contributed by atoms with Gasteiger partial charge in [-0.25, -0.2) is 4.98 Å². The summed E-state index contributed by atoms with van der Waals surface area (Å²) in [5, 5.41) is 33.1. The van der Waals surface area contributed by atoms with Crippen LogP contribution in [0.15, 0.2) is 30.5 Å². The number of fused-ring (bicyclic) bond motifs is 2. The molecule has 1 aromatic carbocycles. The number of ether oxygens (including phenoxy) is 2. The van der Waals surface area contributed by atoms with Crippen LogP contribution in [0, 0.1) is 16.7 Å². The van der Waals surface area contributed by atoms with E-state index in [9.17, 15) is 20.3 Å². The van der Waals surface area contributed by atoms with Gasteiger partial charge in [-0.1, -0.05) is 45.6 Å². The fourth-order valence-electron chi connectivity index (χ4n) is 6.84. The predicted molar refractivity (Wildman–Crippen MR) is 173 cm³/mol. The molecular formula is C34H48N4O5Si. The van der Waals surface area contributed by atoms with Crippen LogP contribution < -0.4 is 5.32 Å². The number of rotatable bonds is 11. The van der Waals surface area contributed by atoms with Crippen molar-refractivity contribution < 1.29 is 24.5 Å². The van der Waals surface area contributed by atoms with Crippen molar-refractivity contribution in [2.75, 3.05) is 25.1 Å². The quantitative estimate of drug-likeness (QED) is 0.206. The summed E-state index contributed by atoms with van der Waals surface area (Å²) in [4.78, 5) is 18.0. The van der Waals surface area contributed by atoms with Crippen LogP contribution in [-0.2, 0) is 16.2 Å². The van der Waals surface area contributed by atoms with Gasteiger partial charge in [0.05, 0.1) is 24.4 Å². The van der Waals surface area contributed by atoms with Crippen molar-refractivity contribution in [1.82, 2.24) is 9.55 Å². The zero-order chi connectivity index (χ0) is 31.8. The maximum absolute atomic E-state index is 13.7. The number of nitrogens with one attached hydrogen (secondary N) is 1. The van der Waals surface area contributed by atoms with Crippen LogP contribution in [0.1, 0.15) is 92.2 Å². The first kappa shape index (κ1) is 32.6. The normalized spacial score (nSPS) is 26.2. The molecule has 3 heterocycles. The Morgan fingerprint density at radius 3 is 2.48 bits per heavy atom.